The molecule has 697 valence electrons. The number of methoxy groups -OCH3 is 2. The van der Waals surface area contributed by atoms with E-state index in [0.717, 1.165) is 57.3 Å². The molecule has 0 atom stereocenters. The standard InChI is InChI=1S/C62H82O4P.18CHO.4CH3.8Ir.4H2O/c1-19-44-35-51(60(8,9)10)39-49(57(44)66-41-67(54-27-23-21-24-28-54)55-29-25-22-26-30-55)33-46-36-52(61(11,12)13)37-47(56(46)64-18)34-50-40-53(62(14,15)16)38-48(58(50)65-20-2)32-45(43(4)63-17)31-42(3)59(5,6)7;18*1-2;;;;;;;;;;;;;;;;/h21-31,35-40H,2,19-20,32-34,41H2,1,3-18H3;18*1H;4*1H3;;;;;;;;;4*1H2/q23*-1;;;;5*+3;;;;/p+1/b42-31+,45-43-;;;;;;;;;;;;;;;;;;;;;;;;;;;;;;;;;;. The molecule has 5 aromatic rings. The van der Waals surface area contributed by atoms with E-state index >= 15 is 0 Å². The summed E-state index contributed by atoms with van der Waals surface area (Å²) < 4.78 is 26.4. The molecule has 0 aliphatic carbocycles. The largest absolute Gasteiger partial charge is 3.00 e. The molecular weight excluding hydrogens is 2990 g/mol. The van der Waals surface area contributed by atoms with E-state index in [4.69, 9.17) is 105 Å². The number of benzene rings is 5. The number of ether oxygens (including phenoxy) is 4. The second-order valence-electron chi connectivity index (χ2n) is 22.4. The van der Waals surface area contributed by atoms with Gasteiger partial charge in [0, 0.05) is 79.6 Å². The fourth-order valence-corrected chi connectivity index (χ4v) is 10.6. The number of carbonyl (C=O) groups excluding carboxylic acids is 18. The third-order valence-electron chi connectivity index (χ3n) is 13.2. The van der Waals surface area contributed by atoms with Gasteiger partial charge in [-0.25, -0.2) is 0 Å². The second kappa shape index (κ2) is 141. The van der Waals surface area contributed by atoms with Gasteiger partial charge >= 0.3 is 101 Å². The first-order chi connectivity index (χ1) is 49.4. The molecule has 5 aromatic carbocycles. The normalized spacial score (nSPS) is 8.01. The van der Waals surface area contributed by atoms with Crippen molar-refractivity contribution in [2.45, 2.75) is 146 Å². The zero-order chi connectivity index (χ0) is 85.5. The third-order valence-corrected chi connectivity index (χ3v) is 15.7. The van der Waals surface area contributed by atoms with E-state index in [0.29, 0.717) is 32.2 Å². The molecule has 0 unspecified atom stereocenters. The Morgan fingerprint density at radius 2 is 0.597 bits per heavy atom. The molecule has 0 heterocycles. The summed E-state index contributed by atoms with van der Waals surface area (Å²) in [5.41, 5.74) is 12.9. The minimum Gasteiger partial charge on any atom is -0.545 e. The van der Waals surface area contributed by atoms with Gasteiger partial charge in [-0.2, -0.15) is 0 Å². The van der Waals surface area contributed by atoms with Gasteiger partial charge in [-0.3, -0.25) is 122 Å². The van der Waals surface area contributed by atoms with Crippen molar-refractivity contribution in [3.05, 3.63) is 207 Å². The Hall–Kier alpha value is -5.70. The van der Waals surface area contributed by atoms with Gasteiger partial charge in [0.2, 0.25) is 6.35 Å². The van der Waals surface area contributed by atoms with E-state index in [1.807, 2.05) is 7.11 Å². The number of allylic oxidation sites excluding steroid dienone is 4. The second-order valence-corrected chi connectivity index (χ2v) is 24.8. The summed E-state index contributed by atoms with van der Waals surface area (Å²) >= 11 is 0. The van der Waals surface area contributed by atoms with Gasteiger partial charge in [0.05, 0.1) is 20.0 Å². The van der Waals surface area contributed by atoms with E-state index in [9.17, 15) is 0 Å². The Morgan fingerprint density at radius 1 is 0.370 bits per heavy atom. The summed E-state index contributed by atoms with van der Waals surface area (Å²) in [6, 6.07) is 36.0. The zero-order valence-corrected chi connectivity index (χ0v) is 91.0. The molecule has 0 saturated carbocycles. The van der Waals surface area contributed by atoms with Crippen LogP contribution >= 0.6 is 7.92 Å². The van der Waals surface area contributed by atoms with Gasteiger partial charge in [0.15, 0.2) is 0 Å². The van der Waals surface area contributed by atoms with E-state index in [1.165, 1.54) is 44.0 Å². The van der Waals surface area contributed by atoms with Crippen LogP contribution in [0.2, 0.25) is 0 Å². The van der Waals surface area contributed by atoms with Crippen molar-refractivity contribution in [2.24, 2.45) is 5.41 Å². The van der Waals surface area contributed by atoms with Gasteiger partial charge in [-0.05, 0) is 128 Å². The Morgan fingerprint density at radius 3 is 0.807 bits per heavy atom. The van der Waals surface area contributed by atoms with Crippen LogP contribution in [0.15, 0.2) is 120 Å². The van der Waals surface area contributed by atoms with Gasteiger partial charge in [0.25, 0.3) is 0 Å². The molecule has 35 heteroatoms. The maximum absolute atomic E-state index is 7.75. The van der Waals surface area contributed by atoms with E-state index in [2.05, 4.69) is 336 Å². The number of aryl methyl sites for hydroxylation is 1. The van der Waals surface area contributed by atoms with Crippen molar-refractivity contribution >= 4 is 141 Å². The van der Waals surface area contributed by atoms with Crippen molar-refractivity contribution in [1.29, 1.82) is 0 Å². The molecule has 119 heavy (non-hydrogen) atoms. The van der Waals surface area contributed by atoms with Gasteiger partial charge < -0.3 is 164 Å². The minimum absolute atomic E-state index is 0. The van der Waals surface area contributed by atoms with Crippen LogP contribution in [0, 0.1) is 42.0 Å². The number of hydrogen-bond donors (Lipinski definition) is 0. The predicted octanol–water partition coefficient (Wildman–Crippen LogP) is 8.75. The number of hydrogen-bond acceptors (Lipinski definition) is 22. The first-order valence-electron chi connectivity index (χ1n) is 28.6. The summed E-state index contributed by atoms with van der Waals surface area (Å²) in [5.74, 6) is 3.68. The fraction of sp³-hybridized carbons (Fsp3) is 0.321. The molecular formula is C84H121Ir8O26P-7. The molecule has 0 fully saturated rings. The van der Waals surface area contributed by atoms with Crippen molar-refractivity contribution in [3.8, 4) is 17.2 Å². The van der Waals surface area contributed by atoms with Crippen molar-refractivity contribution < 1.29 is 288 Å². The van der Waals surface area contributed by atoms with Crippen molar-refractivity contribution in [2.75, 3.05) is 27.2 Å². The van der Waals surface area contributed by atoms with Crippen LogP contribution in [0.3, 0.4) is 0 Å². The molecule has 0 aliphatic rings. The summed E-state index contributed by atoms with van der Waals surface area (Å²) in [5, 5.41) is 2.68. The Labute approximate surface area is 823 Å². The summed E-state index contributed by atoms with van der Waals surface area (Å²) in [4.78, 5) is 140. The predicted molar refractivity (Wildman–Crippen MR) is 452 cm³/mol. The van der Waals surface area contributed by atoms with Crippen molar-refractivity contribution in [1.82, 2.24) is 0 Å². The maximum atomic E-state index is 7.75. The third kappa shape index (κ3) is 88.4. The summed E-state index contributed by atoms with van der Waals surface area (Å²) in [6.45, 7) is 97.0. The number of rotatable bonds is 17. The van der Waals surface area contributed by atoms with Crippen LogP contribution in [-0.2, 0) is 294 Å². The molecule has 3 radical (unpaired) electrons. The molecule has 0 saturated heterocycles. The first-order valence-corrected chi connectivity index (χ1v) is 30.3. The average Bonchev–Trinajstić information content (AvgIpc) is 0.777. The van der Waals surface area contributed by atoms with Crippen LogP contribution in [0.5, 0.6) is 17.2 Å². The van der Waals surface area contributed by atoms with Gasteiger partial charge in [0.1, 0.15) is 35.8 Å². The Balaban J connectivity index is -0.0000000483. The average molecular weight is 3120 g/mol. The molecule has 0 amide bonds. The molecule has 26 nitrogen and oxygen atoms in total. The summed E-state index contributed by atoms with van der Waals surface area (Å²) in [6.07, 6.45) is 5.73. The maximum Gasteiger partial charge on any atom is 3.00 e. The fourth-order valence-electron chi connectivity index (χ4n) is 8.47. The monoisotopic (exact) mass is 3120 g/mol. The van der Waals surface area contributed by atoms with E-state index < -0.39 is 7.92 Å². The molecule has 0 spiro atoms. The Bertz CT molecular complexity index is 2820. The SMILES string of the molecule is O.O.O.O.[CH-]=O.[CH-]=O.[CH-]=O.[CH-]=O.[CH-]=O.[CH-]=O.[CH-]=O.[CH-]=O.[CH-]=O.[CH-]=O.[CH-]=O.[CH-]=O.[CH-]=O.[CH-]=O.[CH-]=O.[CH-]=O.[CH-]=O.[CH-]=O.[CH2-]COc1c(CC(/C=C(\C)C(C)(C)C)=C(/C)OC)cc(C(C)(C)C)cc1Cc1cc(C(C)(C)C)cc(Cc2cc(C(C)(C)C)cc(CC)c2OC[PH+](c2ccccc2)c2ccccc2)c1OC.[CH3-].[CH3-].[CH3-].[CH3-].[Ir+3].[Ir+3].[Ir+3].[Ir+3].[Ir+3].[Ir].[Ir].[Ir]. The topological polar surface area (TPSA) is 470 Å². The van der Waals surface area contributed by atoms with Crippen LogP contribution in [0.1, 0.15) is 154 Å². The quantitative estimate of drug-likeness (QED) is 0.0276. The molecule has 0 aromatic heterocycles. The Kier molecular flexibility index (Phi) is 244. The van der Waals surface area contributed by atoms with Crippen LogP contribution in [0.4, 0.5) is 0 Å². The van der Waals surface area contributed by atoms with Crippen molar-refractivity contribution in [3.63, 3.8) is 0 Å². The van der Waals surface area contributed by atoms with Crippen LogP contribution in [0.25, 0.3) is 0 Å². The molecule has 0 bridgehead atoms. The van der Waals surface area contributed by atoms with Crippen LogP contribution < -0.4 is 24.8 Å². The molecule has 8 N–H and O–H groups in total. The minimum atomic E-state index is -1.26. The van der Waals surface area contributed by atoms with E-state index in [-0.39, 0.29) is 234 Å². The van der Waals surface area contributed by atoms with Gasteiger partial charge in [-0.1, -0.05) is 174 Å². The van der Waals surface area contributed by atoms with Gasteiger partial charge in [-0.15, -0.1) is 0 Å². The molecule has 0 aliphatic heterocycles. The smallest absolute Gasteiger partial charge is 0.545 e. The van der Waals surface area contributed by atoms with E-state index in [1.54, 1.807) is 7.11 Å². The summed E-state index contributed by atoms with van der Waals surface area (Å²) in [7, 11) is 2.33. The molecule has 5 rings (SSSR count). The first kappa shape index (κ1) is 206. The van der Waals surface area contributed by atoms with Crippen LogP contribution in [-0.4, -0.2) is 171 Å². The zero-order valence-electron chi connectivity index (χ0n) is 70.8.